The van der Waals surface area contributed by atoms with Crippen LogP contribution in [0.1, 0.15) is 30.3 Å². The molecule has 128 valence electrons. The number of hydrogen-bond acceptors (Lipinski definition) is 4. The molecule has 1 aliphatic rings. The van der Waals surface area contributed by atoms with Gasteiger partial charge in [0.15, 0.2) is 0 Å². The Kier molecular flexibility index (Phi) is 4.51. The van der Waals surface area contributed by atoms with Crippen molar-refractivity contribution in [2.45, 2.75) is 25.4 Å². The van der Waals surface area contributed by atoms with Gasteiger partial charge in [-0.1, -0.05) is 35.9 Å². The molecule has 4 nitrogen and oxygen atoms in total. The van der Waals surface area contributed by atoms with Crippen molar-refractivity contribution in [1.82, 2.24) is 15.1 Å². The van der Waals surface area contributed by atoms with Gasteiger partial charge in [-0.05, 0) is 49.2 Å². The molecule has 4 rings (SSSR count). The Hall–Kier alpha value is -2.24. The highest BCUT2D eigenvalue weighted by molar-refractivity contribution is 6.33. The number of benzene rings is 2. The molecule has 2 aromatic carbocycles. The average Bonchev–Trinajstić information content (AvgIpc) is 3.26. The summed E-state index contributed by atoms with van der Waals surface area (Å²) in [6, 6.07) is 14.4. The third kappa shape index (κ3) is 3.43. The summed E-state index contributed by atoms with van der Waals surface area (Å²) < 4.78 is 19.0. The molecule has 1 atom stereocenters. The minimum absolute atomic E-state index is 0.213. The molecule has 2 heterocycles. The van der Waals surface area contributed by atoms with Crippen molar-refractivity contribution >= 4 is 11.6 Å². The Morgan fingerprint density at radius 3 is 2.72 bits per heavy atom. The van der Waals surface area contributed by atoms with Crippen molar-refractivity contribution < 1.29 is 8.81 Å². The summed E-state index contributed by atoms with van der Waals surface area (Å²) in [5.41, 5.74) is 1.85. The van der Waals surface area contributed by atoms with Crippen molar-refractivity contribution in [3.8, 4) is 11.5 Å². The molecule has 25 heavy (non-hydrogen) atoms. The summed E-state index contributed by atoms with van der Waals surface area (Å²) in [4.78, 5) is 2.29. The van der Waals surface area contributed by atoms with Gasteiger partial charge in [-0.15, -0.1) is 10.2 Å². The summed E-state index contributed by atoms with van der Waals surface area (Å²) in [5.74, 6) is 0.775. The van der Waals surface area contributed by atoms with Crippen molar-refractivity contribution in [3.05, 3.63) is 70.8 Å². The van der Waals surface area contributed by atoms with Gasteiger partial charge in [0.25, 0.3) is 0 Å². The van der Waals surface area contributed by atoms with Gasteiger partial charge in [0.05, 0.1) is 17.1 Å². The molecule has 0 aliphatic carbocycles. The van der Waals surface area contributed by atoms with Gasteiger partial charge in [-0.25, -0.2) is 4.39 Å². The largest absolute Gasteiger partial charge is 0.419 e. The zero-order valence-electron chi connectivity index (χ0n) is 13.5. The maximum absolute atomic E-state index is 13.2. The first-order valence-electron chi connectivity index (χ1n) is 8.27. The molecule has 3 aromatic rings. The van der Waals surface area contributed by atoms with Crippen molar-refractivity contribution in [3.63, 3.8) is 0 Å². The first-order valence-corrected chi connectivity index (χ1v) is 8.65. The van der Waals surface area contributed by atoms with E-state index in [1.165, 1.54) is 12.1 Å². The molecule has 1 saturated heterocycles. The van der Waals surface area contributed by atoms with E-state index in [1.54, 1.807) is 6.07 Å². The Labute approximate surface area is 150 Å². The van der Waals surface area contributed by atoms with Crippen molar-refractivity contribution in [1.29, 1.82) is 0 Å². The number of nitrogens with zero attached hydrogens (tertiary/aromatic N) is 3. The summed E-state index contributed by atoms with van der Waals surface area (Å²) in [7, 11) is 0. The van der Waals surface area contributed by atoms with Crippen LogP contribution in [0.25, 0.3) is 11.5 Å². The van der Waals surface area contributed by atoms with E-state index in [0.717, 1.165) is 30.5 Å². The molecule has 6 heteroatoms. The SMILES string of the molecule is Fc1ccc(C2CCCN2Cc2nnc(-c3ccccc3Cl)o2)cc1. The number of halogens is 2. The van der Waals surface area contributed by atoms with Crippen molar-refractivity contribution in [2.24, 2.45) is 0 Å². The third-order valence-electron chi connectivity index (χ3n) is 4.53. The normalized spacial score (nSPS) is 17.9. The van der Waals surface area contributed by atoms with E-state index in [2.05, 4.69) is 15.1 Å². The zero-order chi connectivity index (χ0) is 17.2. The topological polar surface area (TPSA) is 42.2 Å². The van der Waals surface area contributed by atoms with E-state index in [0.29, 0.717) is 23.3 Å². The van der Waals surface area contributed by atoms with Crippen LogP contribution in [0.4, 0.5) is 4.39 Å². The van der Waals surface area contributed by atoms with Gasteiger partial charge >= 0.3 is 0 Å². The van der Waals surface area contributed by atoms with Gasteiger partial charge in [-0.2, -0.15) is 0 Å². The second kappa shape index (κ2) is 6.94. The smallest absolute Gasteiger partial charge is 0.249 e. The fraction of sp³-hybridized carbons (Fsp3) is 0.263. The summed E-state index contributed by atoms with van der Waals surface area (Å²) in [6.45, 7) is 1.52. The zero-order valence-corrected chi connectivity index (χ0v) is 14.3. The van der Waals surface area contributed by atoms with Crippen LogP contribution in [0.15, 0.2) is 52.9 Å². The third-order valence-corrected chi connectivity index (χ3v) is 4.86. The fourth-order valence-corrected chi connectivity index (χ4v) is 3.53. The maximum Gasteiger partial charge on any atom is 0.249 e. The minimum atomic E-state index is -0.213. The summed E-state index contributed by atoms with van der Waals surface area (Å²) in [5, 5.41) is 8.87. The van der Waals surface area contributed by atoms with Crippen LogP contribution in [0.2, 0.25) is 5.02 Å². The minimum Gasteiger partial charge on any atom is -0.419 e. The molecule has 0 saturated carbocycles. The van der Waals surface area contributed by atoms with Crippen LogP contribution < -0.4 is 0 Å². The van der Waals surface area contributed by atoms with Crippen LogP contribution in [0, 0.1) is 5.82 Å². The van der Waals surface area contributed by atoms with Gasteiger partial charge in [-0.3, -0.25) is 4.90 Å². The van der Waals surface area contributed by atoms with E-state index < -0.39 is 0 Å². The first-order chi connectivity index (χ1) is 12.2. The molecule has 0 spiro atoms. The number of aromatic nitrogens is 2. The lowest BCUT2D eigenvalue weighted by Crippen LogP contribution is -2.22. The highest BCUT2D eigenvalue weighted by Gasteiger charge is 2.27. The molecule has 0 amide bonds. The average molecular weight is 358 g/mol. The molecule has 0 N–H and O–H groups in total. The lowest BCUT2D eigenvalue weighted by Gasteiger charge is -2.23. The molecular weight excluding hydrogens is 341 g/mol. The quantitative estimate of drug-likeness (QED) is 0.668. The maximum atomic E-state index is 13.2. The molecule has 0 radical (unpaired) electrons. The van der Waals surface area contributed by atoms with Gasteiger partial charge in [0.1, 0.15) is 5.82 Å². The highest BCUT2D eigenvalue weighted by atomic mass is 35.5. The number of hydrogen-bond donors (Lipinski definition) is 0. The lowest BCUT2D eigenvalue weighted by molar-refractivity contribution is 0.224. The standard InChI is InChI=1S/C19H17ClFN3O/c20-16-5-2-1-4-15(16)19-23-22-18(25-19)12-24-11-3-6-17(24)13-7-9-14(21)10-8-13/h1-2,4-5,7-10,17H,3,6,11-12H2. The monoisotopic (exact) mass is 357 g/mol. The molecule has 1 aliphatic heterocycles. The van der Waals surface area contributed by atoms with Crippen LogP contribution in [-0.2, 0) is 6.54 Å². The molecule has 0 bridgehead atoms. The van der Waals surface area contributed by atoms with E-state index in [1.807, 2.05) is 30.3 Å². The predicted molar refractivity (Wildman–Crippen MR) is 93.5 cm³/mol. The Bertz CT molecular complexity index is 865. The predicted octanol–water partition coefficient (Wildman–Crippen LogP) is 4.87. The number of likely N-dealkylation sites (tertiary alicyclic amines) is 1. The van der Waals surface area contributed by atoms with Gasteiger partial charge in [0, 0.05) is 6.04 Å². The Morgan fingerprint density at radius 2 is 1.92 bits per heavy atom. The van der Waals surface area contributed by atoms with Gasteiger partial charge < -0.3 is 4.42 Å². The van der Waals surface area contributed by atoms with Crippen LogP contribution >= 0.6 is 11.6 Å². The lowest BCUT2D eigenvalue weighted by atomic mass is 10.0. The second-order valence-corrected chi connectivity index (χ2v) is 6.57. The highest BCUT2D eigenvalue weighted by Crippen LogP contribution is 2.33. The van der Waals surface area contributed by atoms with Crippen LogP contribution in [0.5, 0.6) is 0 Å². The first kappa shape index (κ1) is 16.2. The Morgan fingerprint density at radius 1 is 1.12 bits per heavy atom. The van der Waals surface area contributed by atoms with Gasteiger partial charge in [0.2, 0.25) is 11.8 Å². The van der Waals surface area contributed by atoms with Crippen LogP contribution in [0.3, 0.4) is 0 Å². The molecule has 1 unspecified atom stereocenters. The van der Waals surface area contributed by atoms with E-state index in [9.17, 15) is 4.39 Å². The summed E-state index contributed by atoms with van der Waals surface area (Å²) >= 11 is 6.19. The fourth-order valence-electron chi connectivity index (χ4n) is 3.31. The second-order valence-electron chi connectivity index (χ2n) is 6.16. The van der Waals surface area contributed by atoms with E-state index in [-0.39, 0.29) is 11.9 Å². The van der Waals surface area contributed by atoms with E-state index >= 15 is 0 Å². The van der Waals surface area contributed by atoms with Crippen LogP contribution in [-0.4, -0.2) is 21.6 Å². The molecule has 1 fully saturated rings. The molecule has 1 aromatic heterocycles. The molecular formula is C19H17ClFN3O. The van der Waals surface area contributed by atoms with Crippen molar-refractivity contribution in [2.75, 3.05) is 6.54 Å². The Balaban J connectivity index is 1.52. The number of rotatable bonds is 4. The van der Waals surface area contributed by atoms with E-state index in [4.69, 9.17) is 16.0 Å². The summed E-state index contributed by atoms with van der Waals surface area (Å²) in [6.07, 6.45) is 2.13.